The normalized spacial score (nSPS) is 13.4. The Morgan fingerprint density at radius 2 is 1.85 bits per heavy atom. The number of benzene rings is 1. The second-order valence-corrected chi connectivity index (χ2v) is 4.79. The van der Waals surface area contributed by atoms with Crippen molar-refractivity contribution >= 4 is 11.8 Å². The van der Waals surface area contributed by atoms with Crippen LogP contribution in [-0.2, 0) is 15.2 Å². The van der Waals surface area contributed by atoms with Gasteiger partial charge in [-0.25, -0.2) is 4.39 Å². The van der Waals surface area contributed by atoms with E-state index < -0.39 is 5.60 Å². The first-order valence-electron chi connectivity index (χ1n) is 6.31. The summed E-state index contributed by atoms with van der Waals surface area (Å²) in [5.41, 5.74) is -0.766. The molecule has 0 bridgehead atoms. The van der Waals surface area contributed by atoms with Crippen molar-refractivity contribution in [1.29, 1.82) is 0 Å². The van der Waals surface area contributed by atoms with Crippen molar-refractivity contribution < 1.29 is 19.1 Å². The van der Waals surface area contributed by atoms with Crippen LogP contribution in [0.3, 0.4) is 0 Å². The number of carbonyl (C=O) groups excluding carboxylic acids is 2. The molecule has 0 fully saturated rings. The Balaban J connectivity index is 2.44. The number of hydrogen-bond donors (Lipinski definition) is 3. The molecule has 0 aromatic heterocycles. The van der Waals surface area contributed by atoms with E-state index in [1.54, 1.807) is 0 Å². The highest BCUT2D eigenvalue weighted by Crippen LogP contribution is 2.19. The van der Waals surface area contributed by atoms with Gasteiger partial charge < -0.3 is 15.7 Å². The number of nitrogens with one attached hydrogen (secondary N) is 2. The minimum Gasteiger partial charge on any atom is -0.384 e. The van der Waals surface area contributed by atoms with Gasteiger partial charge in [0.25, 0.3) is 0 Å². The maximum Gasteiger partial charge on any atom is 0.221 e. The van der Waals surface area contributed by atoms with Crippen LogP contribution < -0.4 is 10.6 Å². The van der Waals surface area contributed by atoms with Gasteiger partial charge in [0, 0.05) is 19.9 Å². The summed E-state index contributed by atoms with van der Waals surface area (Å²) in [6, 6.07) is 5.45. The molecule has 1 aromatic rings. The zero-order valence-corrected chi connectivity index (χ0v) is 11.6. The zero-order valence-electron chi connectivity index (χ0n) is 11.6. The molecule has 3 N–H and O–H groups in total. The van der Waals surface area contributed by atoms with E-state index in [9.17, 15) is 19.1 Å². The van der Waals surface area contributed by atoms with Gasteiger partial charge in [0.1, 0.15) is 11.4 Å². The van der Waals surface area contributed by atoms with E-state index >= 15 is 0 Å². The Kier molecular flexibility index (Phi) is 5.64. The number of rotatable bonds is 6. The largest absolute Gasteiger partial charge is 0.384 e. The molecule has 110 valence electrons. The number of carbonyl (C=O) groups is 2. The third-order valence-corrected chi connectivity index (χ3v) is 2.82. The molecule has 1 aromatic carbocycles. The molecule has 0 heterocycles. The van der Waals surface area contributed by atoms with Crippen LogP contribution in [0.25, 0.3) is 0 Å². The van der Waals surface area contributed by atoms with Crippen LogP contribution in [0.5, 0.6) is 0 Å². The molecule has 5 nitrogen and oxygen atoms in total. The van der Waals surface area contributed by atoms with Gasteiger partial charge in [-0.3, -0.25) is 9.59 Å². The summed E-state index contributed by atoms with van der Waals surface area (Å²) in [5, 5.41) is 15.3. The summed E-state index contributed by atoms with van der Waals surface area (Å²) in [7, 11) is 0. The zero-order chi connectivity index (χ0) is 15.2. The number of halogens is 1. The average Bonchev–Trinajstić information content (AvgIpc) is 2.36. The van der Waals surface area contributed by atoms with E-state index in [1.807, 2.05) is 0 Å². The van der Waals surface area contributed by atoms with E-state index in [1.165, 1.54) is 38.1 Å². The number of hydrogen-bond acceptors (Lipinski definition) is 3. The van der Waals surface area contributed by atoms with Gasteiger partial charge >= 0.3 is 0 Å². The van der Waals surface area contributed by atoms with Gasteiger partial charge in [0.05, 0.1) is 6.54 Å². The van der Waals surface area contributed by atoms with Gasteiger partial charge in [-0.15, -0.1) is 0 Å². The van der Waals surface area contributed by atoms with Gasteiger partial charge in [0.15, 0.2) is 0 Å². The minimum atomic E-state index is -1.28. The maximum atomic E-state index is 12.8. The third-order valence-electron chi connectivity index (χ3n) is 2.82. The van der Waals surface area contributed by atoms with Crippen molar-refractivity contribution in [1.82, 2.24) is 10.6 Å². The van der Waals surface area contributed by atoms with Crippen LogP contribution in [0.1, 0.15) is 25.8 Å². The van der Waals surface area contributed by atoms with Crippen molar-refractivity contribution in [3.63, 3.8) is 0 Å². The van der Waals surface area contributed by atoms with E-state index in [0.717, 1.165) is 0 Å². The van der Waals surface area contributed by atoms with Gasteiger partial charge in [-0.05, 0) is 24.6 Å². The Labute approximate surface area is 117 Å². The van der Waals surface area contributed by atoms with Crippen LogP contribution in [0.4, 0.5) is 4.39 Å². The summed E-state index contributed by atoms with van der Waals surface area (Å²) in [6.45, 7) is 3.17. The number of aliphatic hydroxyl groups is 1. The summed E-state index contributed by atoms with van der Waals surface area (Å²) in [5.74, 6) is -0.860. The molecule has 1 rings (SSSR count). The molecule has 0 saturated heterocycles. The van der Waals surface area contributed by atoms with E-state index in [4.69, 9.17) is 0 Å². The van der Waals surface area contributed by atoms with Gasteiger partial charge in [-0.1, -0.05) is 12.1 Å². The van der Waals surface area contributed by atoms with Gasteiger partial charge in [0.2, 0.25) is 11.8 Å². The van der Waals surface area contributed by atoms with E-state index in [0.29, 0.717) is 5.56 Å². The SMILES string of the molecule is CC(=O)NCCC(=O)NCC(C)(O)c1ccc(F)cc1. The lowest BCUT2D eigenvalue weighted by Crippen LogP contribution is -2.39. The lowest BCUT2D eigenvalue weighted by molar-refractivity contribution is -0.122. The molecule has 1 atom stereocenters. The Morgan fingerprint density at radius 3 is 2.40 bits per heavy atom. The Morgan fingerprint density at radius 1 is 1.25 bits per heavy atom. The summed E-state index contributed by atoms with van der Waals surface area (Å²) in [6.07, 6.45) is 0.138. The van der Waals surface area contributed by atoms with Crippen LogP contribution >= 0.6 is 0 Å². The van der Waals surface area contributed by atoms with Crippen molar-refractivity contribution in [2.45, 2.75) is 25.9 Å². The molecule has 0 aliphatic rings. The summed E-state index contributed by atoms with van der Waals surface area (Å²) < 4.78 is 12.8. The highest BCUT2D eigenvalue weighted by Gasteiger charge is 2.23. The molecule has 0 radical (unpaired) electrons. The molecule has 0 saturated carbocycles. The quantitative estimate of drug-likeness (QED) is 0.718. The Hall–Kier alpha value is -1.95. The molecule has 0 spiro atoms. The number of amides is 2. The lowest BCUT2D eigenvalue weighted by Gasteiger charge is -2.24. The highest BCUT2D eigenvalue weighted by atomic mass is 19.1. The fourth-order valence-corrected chi connectivity index (χ4v) is 1.62. The standard InChI is InChI=1S/C14H19FN2O3/c1-10(18)16-8-7-13(19)17-9-14(2,20)11-3-5-12(15)6-4-11/h3-6,20H,7-9H2,1-2H3,(H,16,18)(H,17,19). The molecule has 2 amide bonds. The fourth-order valence-electron chi connectivity index (χ4n) is 1.62. The molecule has 20 heavy (non-hydrogen) atoms. The van der Waals surface area contributed by atoms with Crippen LogP contribution in [0.15, 0.2) is 24.3 Å². The first-order chi connectivity index (χ1) is 9.31. The monoisotopic (exact) mass is 282 g/mol. The summed E-state index contributed by atoms with van der Waals surface area (Å²) >= 11 is 0. The molecular formula is C14H19FN2O3. The van der Waals surface area contributed by atoms with Crippen molar-refractivity contribution in [2.24, 2.45) is 0 Å². The van der Waals surface area contributed by atoms with Crippen LogP contribution in [-0.4, -0.2) is 30.0 Å². The van der Waals surface area contributed by atoms with Gasteiger partial charge in [-0.2, -0.15) is 0 Å². The van der Waals surface area contributed by atoms with Crippen LogP contribution in [0, 0.1) is 5.82 Å². The maximum absolute atomic E-state index is 12.8. The second kappa shape index (κ2) is 7.00. The van der Waals surface area contributed by atoms with Crippen LogP contribution in [0.2, 0.25) is 0 Å². The Bertz CT molecular complexity index is 472. The lowest BCUT2D eigenvalue weighted by atomic mass is 9.96. The van der Waals surface area contributed by atoms with E-state index in [2.05, 4.69) is 10.6 Å². The first kappa shape index (κ1) is 16.1. The minimum absolute atomic E-state index is 0.0114. The van der Waals surface area contributed by atoms with E-state index in [-0.39, 0.29) is 37.1 Å². The molecule has 6 heteroatoms. The average molecular weight is 282 g/mol. The topological polar surface area (TPSA) is 78.4 Å². The van der Waals surface area contributed by atoms with Crippen molar-refractivity contribution in [3.8, 4) is 0 Å². The third kappa shape index (κ3) is 5.36. The fraction of sp³-hybridized carbons (Fsp3) is 0.429. The highest BCUT2D eigenvalue weighted by molar-refractivity contribution is 5.77. The second-order valence-electron chi connectivity index (χ2n) is 4.79. The van der Waals surface area contributed by atoms with Crippen molar-refractivity contribution in [2.75, 3.05) is 13.1 Å². The first-order valence-corrected chi connectivity index (χ1v) is 6.31. The molecular weight excluding hydrogens is 263 g/mol. The molecule has 0 aliphatic carbocycles. The predicted octanol–water partition coefficient (Wildman–Crippen LogP) is 0.676. The molecule has 0 aliphatic heterocycles. The van der Waals surface area contributed by atoms with Crippen molar-refractivity contribution in [3.05, 3.63) is 35.6 Å². The summed E-state index contributed by atoms with van der Waals surface area (Å²) in [4.78, 5) is 22.2. The molecule has 1 unspecified atom stereocenters. The smallest absolute Gasteiger partial charge is 0.221 e. The predicted molar refractivity (Wildman–Crippen MR) is 72.3 cm³/mol.